The molecule has 2 aromatic rings. The second-order valence-corrected chi connectivity index (χ2v) is 6.02. The highest BCUT2D eigenvalue weighted by Crippen LogP contribution is 2.31. The molecule has 0 saturated carbocycles. The van der Waals surface area contributed by atoms with Crippen molar-refractivity contribution in [3.63, 3.8) is 0 Å². The van der Waals surface area contributed by atoms with Gasteiger partial charge in [-0.2, -0.15) is 0 Å². The van der Waals surface area contributed by atoms with E-state index in [0.29, 0.717) is 10.0 Å². The Labute approximate surface area is 136 Å². The molecule has 7 heteroatoms. The lowest BCUT2D eigenvalue weighted by Gasteiger charge is -2.19. The van der Waals surface area contributed by atoms with Crippen molar-refractivity contribution in [2.75, 3.05) is 6.54 Å². The van der Waals surface area contributed by atoms with Crippen LogP contribution in [0, 0.1) is 0 Å². The van der Waals surface area contributed by atoms with Crippen LogP contribution in [0.25, 0.3) is 0 Å². The molecule has 0 aliphatic heterocycles. The second-order valence-electron chi connectivity index (χ2n) is 4.45. The molecule has 0 radical (unpaired) electrons. The molecule has 0 fully saturated rings. The molecular weight excluding hydrogens is 363 g/mol. The average Bonchev–Trinajstić information content (AvgIpc) is 2.75. The summed E-state index contributed by atoms with van der Waals surface area (Å²) >= 11 is 15.6. The van der Waals surface area contributed by atoms with Crippen LogP contribution in [0.4, 0.5) is 0 Å². The van der Waals surface area contributed by atoms with Crippen LogP contribution in [-0.2, 0) is 7.05 Å². The predicted octanol–water partition coefficient (Wildman–Crippen LogP) is 3.97. The van der Waals surface area contributed by atoms with Gasteiger partial charge in [0.15, 0.2) is 4.60 Å². The molecule has 1 aromatic heterocycles. The monoisotopic (exact) mass is 376 g/mol. The third-order valence-corrected chi connectivity index (χ3v) is 4.28. The Morgan fingerprint density at radius 3 is 2.65 bits per heavy atom. The summed E-state index contributed by atoms with van der Waals surface area (Å²) in [5, 5.41) is 12.6. The normalized spacial score (nSPS) is 12.7. The SMILES string of the molecule is CCCNC(c1ccc(Cl)c(Cl)c1)c1c(Br)nnn1C. The largest absolute Gasteiger partial charge is 0.305 e. The summed E-state index contributed by atoms with van der Waals surface area (Å²) in [5.74, 6) is 0. The number of nitrogens with one attached hydrogen (secondary N) is 1. The van der Waals surface area contributed by atoms with Crippen LogP contribution in [0.15, 0.2) is 22.8 Å². The lowest BCUT2D eigenvalue weighted by molar-refractivity contribution is 0.549. The molecular formula is C13H15BrCl2N4. The summed E-state index contributed by atoms with van der Waals surface area (Å²) in [7, 11) is 1.87. The summed E-state index contributed by atoms with van der Waals surface area (Å²) in [4.78, 5) is 0. The molecule has 2 rings (SSSR count). The first-order valence-electron chi connectivity index (χ1n) is 6.28. The van der Waals surface area contributed by atoms with Gasteiger partial charge in [-0.25, -0.2) is 4.68 Å². The molecule has 0 spiro atoms. The number of aryl methyl sites for hydroxylation is 1. The van der Waals surface area contributed by atoms with Gasteiger partial charge in [0.05, 0.1) is 21.8 Å². The van der Waals surface area contributed by atoms with E-state index in [1.165, 1.54) is 0 Å². The Bertz CT molecular complexity index is 581. The zero-order chi connectivity index (χ0) is 14.7. The highest BCUT2D eigenvalue weighted by molar-refractivity contribution is 9.10. The van der Waals surface area contributed by atoms with Crippen LogP contribution in [0.3, 0.4) is 0 Å². The highest BCUT2D eigenvalue weighted by atomic mass is 79.9. The van der Waals surface area contributed by atoms with Crippen LogP contribution >= 0.6 is 39.1 Å². The van der Waals surface area contributed by atoms with Crippen LogP contribution in [0.1, 0.15) is 30.6 Å². The first-order valence-corrected chi connectivity index (χ1v) is 7.83. The maximum absolute atomic E-state index is 6.12. The van der Waals surface area contributed by atoms with E-state index in [1.807, 2.05) is 19.2 Å². The van der Waals surface area contributed by atoms with Gasteiger partial charge < -0.3 is 5.32 Å². The van der Waals surface area contributed by atoms with Gasteiger partial charge in [-0.1, -0.05) is 41.4 Å². The number of aromatic nitrogens is 3. The summed E-state index contributed by atoms with van der Waals surface area (Å²) in [6, 6.07) is 5.59. The zero-order valence-electron chi connectivity index (χ0n) is 11.2. The van der Waals surface area contributed by atoms with Crippen molar-refractivity contribution in [3.8, 4) is 0 Å². The van der Waals surface area contributed by atoms with Gasteiger partial charge in [-0.05, 0) is 46.6 Å². The Balaban J connectivity index is 2.44. The first kappa shape index (κ1) is 15.8. The Morgan fingerprint density at radius 2 is 2.10 bits per heavy atom. The van der Waals surface area contributed by atoms with Gasteiger partial charge in [0.2, 0.25) is 0 Å². The van der Waals surface area contributed by atoms with Gasteiger partial charge >= 0.3 is 0 Å². The van der Waals surface area contributed by atoms with E-state index in [-0.39, 0.29) is 6.04 Å². The van der Waals surface area contributed by atoms with Crippen molar-refractivity contribution >= 4 is 39.1 Å². The molecule has 0 saturated heterocycles. The Kier molecular flexibility index (Phi) is 5.43. The summed E-state index contributed by atoms with van der Waals surface area (Å²) in [6.07, 6.45) is 1.03. The van der Waals surface area contributed by atoms with Gasteiger partial charge in [0.1, 0.15) is 0 Å². The number of rotatable bonds is 5. The third kappa shape index (κ3) is 3.34. The molecule has 0 bridgehead atoms. The fourth-order valence-corrected chi connectivity index (χ4v) is 2.86. The van der Waals surface area contributed by atoms with Crippen LogP contribution in [0.2, 0.25) is 10.0 Å². The number of benzene rings is 1. The minimum absolute atomic E-state index is 0.0425. The number of hydrogen-bond acceptors (Lipinski definition) is 3. The number of halogens is 3. The Hall–Kier alpha value is -0.620. The lowest BCUT2D eigenvalue weighted by Crippen LogP contribution is -2.25. The molecule has 0 aliphatic carbocycles. The molecule has 1 heterocycles. The fraction of sp³-hybridized carbons (Fsp3) is 0.385. The minimum atomic E-state index is -0.0425. The van der Waals surface area contributed by atoms with E-state index in [2.05, 4.69) is 38.5 Å². The second kappa shape index (κ2) is 6.89. The van der Waals surface area contributed by atoms with Crippen molar-refractivity contribution in [1.29, 1.82) is 0 Å². The molecule has 0 amide bonds. The molecule has 1 atom stereocenters. The lowest BCUT2D eigenvalue weighted by atomic mass is 10.0. The van der Waals surface area contributed by atoms with Crippen LogP contribution in [0.5, 0.6) is 0 Å². The molecule has 0 aliphatic rings. The van der Waals surface area contributed by atoms with Crippen molar-refractivity contribution < 1.29 is 0 Å². The summed E-state index contributed by atoms with van der Waals surface area (Å²) < 4.78 is 2.47. The van der Waals surface area contributed by atoms with E-state index in [4.69, 9.17) is 23.2 Å². The van der Waals surface area contributed by atoms with E-state index in [1.54, 1.807) is 10.7 Å². The topological polar surface area (TPSA) is 42.7 Å². The summed E-state index contributed by atoms with van der Waals surface area (Å²) in [5.41, 5.74) is 1.98. The Morgan fingerprint density at radius 1 is 1.35 bits per heavy atom. The zero-order valence-corrected chi connectivity index (χ0v) is 14.3. The fourth-order valence-electron chi connectivity index (χ4n) is 2.00. The maximum atomic E-state index is 6.12. The number of nitrogens with zero attached hydrogens (tertiary/aromatic N) is 3. The van der Waals surface area contributed by atoms with E-state index >= 15 is 0 Å². The van der Waals surface area contributed by atoms with Gasteiger partial charge in [0.25, 0.3) is 0 Å². The van der Waals surface area contributed by atoms with Crippen molar-refractivity contribution in [1.82, 2.24) is 20.3 Å². The van der Waals surface area contributed by atoms with Crippen molar-refractivity contribution in [2.45, 2.75) is 19.4 Å². The standard InChI is InChI=1S/C13H15BrCl2N4/c1-3-6-17-11(12-13(14)18-19-20(12)2)8-4-5-9(15)10(16)7-8/h4-5,7,11,17H,3,6H2,1-2H3. The van der Waals surface area contributed by atoms with Crippen LogP contribution < -0.4 is 5.32 Å². The molecule has 20 heavy (non-hydrogen) atoms. The van der Waals surface area contributed by atoms with Gasteiger partial charge in [-0.15, -0.1) is 5.10 Å². The number of hydrogen-bond donors (Lipinski definition) is 1. The molecule has 108 valence electrons. The third-order valence-electron chi connectivity index (χ3n) is 2.98. The predicted molar refractivity (Wildman–Crippen MR) is 85.3 cm³/mol. The smallest absolute Gasteiger partial charge is 0.153 e. The van der Waals surface area contributed by atoms with E-state index in [0.717, 1.165) is 28.8 Å². The summed E-state index contributed by atoms with van der Waals surface area (Å²) in [6.45, 7) is 3.00. The maximum Gasteiger partial charge on any atom is 0.153 e. The van der Waals surface area contributed by atoms with Gasteiger partial charge in [-0.3, -0.25) is 0 Å². The van der Waals surface area contributed by atoms with E-state index < -0.39 is 0 Å². The molecule has 1 unspecified atom stereocenters. The average molecular weight is 378 g/mol. The minimum Gasteiger partial charge on any atom is -0.305 e. The van der Waals surface area contributed by atoms with Crippen molar-refractivity contribution in [3.05, 3.63) is 44.1 Å². The molecule has 4 nitrogen and oxygen atoms in total. The molecule has 1 N–H and O–H groups in total. The van der Waals surface area contributed by atoms with Crippen molar-refractivity contribution in [2.24, 2.45) is 7.05 Å². The quantitative estimate of drug-likeness (QED) is 0.856. The van der Waals surface area contributed by atoms with Gasteiger partial charge in [0, 0.05) is 7.05 Å². The highest BCUT2D eigenvalue weighted by Gasteiger charge is 2.22. The molecule has 1 aromatic carbocycles. The first-order chi connectivity index (χ1) is 9.54. The van der Waals surface area contributed by atoms with Crippen LogP contribution in [-0.4, -0.2) is 21.5 Å². The van der Waals surface area contributed by atoms with E-state index in [9.17, 15) is 0 Å².